The summed E-state index contributed by atoms with van der Waals surface area (Å²) < 4.78 is 32.2. The van der Waals surface area contributed by atoms with Gasteiger partial charge in [0.1, 0.15) is 4.21 Å². The number of ether oxygens (including phenoxy) is 1. The van der Waals surface area contributed by atoms with Crippen molar-refractivity contribution in [1.29, 1.82) is 0 Å². The molecule has 0 radical (unpaired) electrons. The molecule has 1 aliphatic heterocycles. The molecule has 1 fully saturated rings. The van der Waals surface area contributed by atoms with E-state index in [0.29, 0.717) is 37.1 Å². The van der Waals surface area contributed by atoms with Gasteiger partial charge in [-0.3, -0.25) is 9.59 Å². The van der Waals surface area contributed by atoms with E-state index in [2.05, 4.69) is 15.6 Å². The Hall–Kier alpha value is -1.86. The first-order valence-electron chi connectivity index (χ1n) is 9.44. The highest BCUT2D eigenvalue weighted by Crippen LogP contribution is 2.25. The van der Waals surface area contributed by atoms with Crippen molar-refractivity contribution in [1.82, 2.24) is 14.6 Å². The van der Waals surface area contributed by atoms with Gasteiger partial charge >= 0.3 is 0 Å². The van der Waals surface area contributed by atoms with E-state index in [1.165, 1.54) is 15.6 Å². The predicted molar refractivity (Wildman–Crippen MR) is 115 cm³/mol. The van der Waals surface area contributed by atoms with E-state index in [1.54, 1.807) is 31.4 Å². The van der Waals surface area contributed by atoms with Crippen molar-refractivity contribution < 1.29 is 22.7 Å². The third-order valence-corrected chi connectivity index (χ3v) is 8.57. The highest BCUT2D eigenvalue weighted by molar-refractivity contribution is 7.91. The lowest BCUT2D eigenvalue weighted by Gasteiger charge is -2.25. The van der Waals surface area contributed by atoms with Crippen LogP contribution in [0.3, 0.4) is 0 Å². The molecule has 1 aliphatic rings. The maximum Gasteiger partial charge on any atom is 0.252 e. The number of carbonyl (C=O) groups excluding carboxylic acids is 2. The standard InChI is InChI=1S/C18H24N4O5S3/c1-12(2)17(24)21-18-20-13(11-28-18)9-15(23)19-10-14-3-4-16(29-14)30(25,26)22-5-7-27-8-6-22/h3-4,11-12H,5-10H2,1-2H3,(H,19,23)(H,20,21,24). The Kier molecular flexibility index (Phi) is 7.58. The van der Waals surface area contributed by atoms with Gasteiger partial charge in [0.2, 0.25) is 11.8 Å². The molecular weight excluding hydrogens is 448 g/mol. The zero-order chi connectivity index (χ0) is 21.7. The van der Waals surface area contributed by atoms with E-state index in [-0.39, 0.29) is 34.9 Å². The van der Waals surface area contributed by atoms with Gasteiger partial charge in [0.15, 0.2) is 5.13 Å². The summed E-state index contributed by atoms with van der Waals surface area (Å²) in [5, 5.41) is 7.68. The van der Waals surface area contributed by atoms with E-state index in [1.807, 2.05) is 0 Å². The molecule has 0 aromatic carbocycles. The molecule has 0 unspecified atom stereocenters. The van der Waals surface area contributed by atoms with Crippen LogP contribution in [0.5, 0.6) is 0 Å². The average molecular weight is 473 g/mol. The number of hydrogen-bond donors (Lipinski definition) is 2. The summed E-state index contributed by atoms with van der Waals surface area (Å²) in [7, 11) is -3.53. The fraction of sp³-hybridized carbons (Fsp3) is 0.500. The van der Waals surface area contributed by atoms with Gasteiger partial charge in [-0.25, -0.2) is 13.4 Å². The number of rotatable bonds is 8. The molecule has 2 aromatic heterocycles. The number of sulfonamides is 1. The zero-order valence-corrected chi connectivity index (χ0v) is 19.2. The molecule has 30 heavy (non-hydrogen) atoms. The second kappa shape index (κ2) is 9.96. The molecule has 0 saturated carbocycles. The van der Waals surface area contributed by atoms with Gasteiger partial charge in [0, 0.05) is 29.3 Å². The van der Waals surface area contributed by atoms with Gasteiger partial charge in [0.25, 0.3) is 10.0 Å². The number of carbonyl (C=O) groups is 2. The maximum atomic E-state index is 12.7. The third-order valence-electron chi connectivity index (χ3n) is 4.31. The van der Waals surface area contributed by atoms with Crippen LogP contribution in [0.25, 0.3) is 0 Å². The molecule has 2 N–H and O–H groups in total. The van der Waals surface area contributed by atoms with Crippen LogP contribution < -0.4 is 10.6 Å². The minimum atomic E-state index is -3.53. The van der Waals surface area contributed by atoms with Crippen LogP contribution >= 0.6 is 22.7 Å². The number of morpholine rings is 1. The Labute approximate surface area is 183 Å². The van der Waals surface area contributed by atoms with Gasteiger partial charge in [-0.05, 0) is 12.1 Å². The summed E-state index contributed by atoms with van der Waals surface area (Å²) in [5.74, 6) is -0.502. The number of nitrogens with zero attached hydrogens (tertiary/aromatic N) is 2. The summed E-state index contributed by atoms with van der Waals surface area (Å²) in [5.41, 5.74) is 0.568. The molecule has 3 heterocycles. The van der Waals surface area contributed by atoms with Gasteiger partial charge < -0.3 is 15.4 Å². The first-order chi connectivity index (χ1) is 14.3. The second-order valence-corrected chi connectivity index (χ2v) is 11.2. The fourth-order valence-electron chi connectivity index (χ4n) is 2.61. The van der Waals surface area contributed by atoms with E-state index in [0.717, 1.165) is 16.2 Å². The average Bonchev–Trinajstić information content (AvgIpc) is 3.37. The molecule has 2 amide bonds. The Morgan fingerprint density at radius 2 is 2.00 bits per heavy atom. The summed E-state index contributed by atoms with van der Waals surface area (Å²) >= 11 is 2.42. The Morgan fingerprint density at radius 1 is 1.27 bits per heavy atom. The molecule has 1 saturated heterocycles. The normalized spacial score (nSPS) is 15.3. The lowest BCUT2D eigenvalue weighted by Crippen LogP contribution is -2.40. The number of nitrogens with one attached hydrogen (secondary N) is 2. The van der Waals surface area contributed by atoms with Gasteiger partial charge in [0.05, 0.1) is 31.9 Å². The molecule has 3 rings (SSSR count). The summed E-state index contributed by atoms with van der Waals surface area (Å²) in [6.07, 6.45) is 0.0817. The summed E-state index contributed by atoms with van der Waals surface area (Å²) in [4.78, 5) is 28.9. The van der Waals surface area contributed by atoms with E-state index in [9.17, 15) is 18.0 Å². The van der Waals surface area contributed by atoms with Crippen molar-refractivity contribution in [3.8, 4) is 0 Å². The SMILES string of the molecule is CC(C)C(=O)Nc1nc(CC(=O)NCc2ccc(S(=O)(=O)N3CCOCC3)s2)cs1. The highest BCUT2D eigenvalue weighted by atomic mass is 32.2. The molecule has 9 nitrogen and oxygen atoms in total. The molecule has 2 aromatic rings. The monoisotopic (exact) mass is 472 g/mol. The quantitative estimate of drug-likeness (QED) is 0.604. The van der Waals surface area contributed by atoms with E-state index in [4.69, 9.17) is 4.74 Å². The maximum absolute atomic E-state index is 12.7. The number of thiophene rings is 1. The lowest BCUT2D eigenvalue weighted by molar-refractivity contribution is -0.120. The largest absolute Gasteiger partial charge is 0.379 e. The van der Waals surface area contributed by atoms with Crippen molar-refractivity contribution in [3.63, 3.8) is 0 Å². The van der Waals surface area contributed by atoms with Crippen LogP contribution in [-0.4, -0.2) is 55.8 Å². The predicted octanol–water partition coefficient (Wildman–Crippen LogP) is 1.68. The highest BCUT2D eigenvalue weighted by Gasteiger charge is 2.27. The van der Waals surface area contributed by atoms with Crippen LogP contribution in [0.1, 0.15) is 24.4 Å². The molecule has 0 spiro atoms. The smallest absolute Gasteiger partial charge is 0.252 e. The van der Waals surface area contributed by atoms with Crippen LogP contribution in [0.2, 0.25) is 0 Å². The minimum Gasteiger partial charge on any atom is -0.379 e. The van der Waals surface area contributed by atoms with Crippen molar-refractivity contribution in [2.45, 2.75) is 31.0 Å². The van der Waals surface area contributed by atoms with Gasteiger partial charge in [-0.1, -0.05) is 13.8 Å². The molecule has 0 bridgehead atoms. The van der Waals surface area contributed by atoms with E-state index >= 15 is 0 Å². The van der Waals surface area contributed by atoms with Crippen molar-refractivity contribution >= 4 is 49.6 Å². The first kappa shape index (κ1) is 22.8. The number of hydrogen-bond acceptors (Lipinski definition) is 8. The lowest BCUT2D eigenvalue weighted by atomic mass is 10.2. The second-order valence-electron chi connectivity index (χ2n) is 6.98. The van der Waals surface area contributed by atoms with Crippen LogP contribution in [0, 0.1) is 5.92 Å². The minimum absolute atomic E-state index is 0.0817. The van der Waals surface area contributed by atoms with Gasteiger partial charge in [-0.15, -0.1) is 22.7 Å². The van der Waals surface area contributed by atoms with Crippen molar-refractivity contribution in [2.75, 3.05) is 31.6 Å². The Bertz CT molecular complexity index is 993. The summed E-state index contributed by atoms with van der Waals surface area (Å²) in [6.45, 7) is 5.31. The first-order valence-corrected chi connectivity index (χ1v) is 12.6. The fourth-order valence-corrected chi connectivity index (χ4v) is 6.19. The van der Waals surface area contributed by atoms with Crippen LogP contribution in [0.15, 0.2) is 21.7 Å². The Balaban J connectivity index is 1.51. The zero-order valence-electron chi connectivity index (χ0n) is 16.7. The van der Waals surface area contributed by atoms with Crippen molar-refractivity contribution in [3.05, 3.63) is 28.1 Å². The van der Waals surface area contributed by atoms with E-state index < -0.39 is 10.0 Å². The van der Waals surface area contributed by atoms with Crippen LogP contribution in [-0.2, 0) is 37.3 Å². The molecular formula is C18H24N4O5S3. The third kappa shape index (κ3) is 5.85. The molecule has 164 valence electrons. The number of amides is 2. The van der Waals surface area contributed by atoms with Gasteiger partial charge in [-0.2, -0.15) is 4.31 Å². The number of anilines is 1. The Morgan fingerprint density at radius 3 is 2.70 bits per heavy atom. The number of aromatic nitrogens is 1. The molecule has 0 atom stereocenters. The molecule has 12 heteroatoms. The number of thiazole rings is 1. The molecule has 0 aliphatic carbocycles. The van der Waals surface area contributed by atoms with Crippen LogP contribution in [0.4, 0.5) is 5.13 Å². The summed E-state index contributed by atoms with van der Waals surface area (Å²) in [6, 6.07) is 3.28. The van der Waals surface area contributed by atoms with Crippen molar-refractivity contribution in [2.24, 2.45) is 5.92 Å². The topological polar surface area (TPSA) is 118 Å².